The maximum atomic E-state index is 14.9. The molecule has 4 atom stereocenters. The first-order chi connectivity index (χ1) is 17.7. The number of hydrogen-bond acceptors (Lipinski definition) is 4. The van der Waals surface area contributed by atoms with Gasteiger partial charge in [-0.1, -0.05) is 91.0 Å². The molecule has 3 aliphatic rings. The van der Waals surface area contributed by atoms with Crippen molar-refractivity contribution >= 4 is 22.9 Å². The van der Waals surface area contributed by atoms with Gasteiger partial charge in [-0.05, 0) is 29.3 Å². The number of ketones is 1. The predicted molar refractivity (Wildman–Crippen MR) is 142 cm³/mol. The van der Waals surface area contributed by atoms with Crippen LogP contribution in [0.15, 0.2) is 114 Å². The summed E-state index contributed by atoms with van der Waals surface area (Å²) in [4.78, 5) is 22.4. The number of ether oxygens (including phenoxy) is 1. The quantitative estimate of drug-likeness (QED) is 0.355. The number of para-hydroxylation sites is 2. The van der Waals surface area contributed by atoms with Gasteiger partial charge in [0.2, 0.25) is 0 Å². The Morgan fingerprint density at radius 2 is 1.39 bits per heavy atom. The Balaban J connectivity index is 1.64. The van der Waals surface area contributed by atoms with E-state index < -0.39 is 11.1 Å². The fourth-order valence-corrected chi connectivity index (χ4v) is 7.25. The fraction of sp³-hybridized carbons (Fsp3) is 0.188. The zero-order valence-corrected chi connectivity index (χ0v) is 20.3. The molecular formula is C32H26N2O2. The third kappa shape index (κ3) is 2.33. The molecule has 176 valence electrons. The Morgan fingerprint density at radius 3 is 2.08 bits per heavy atom. The summed E-state index contributed by atoms with van der Waals surface area (Å²) in [7, 11) is 3.78. The van der Waals surface area contributed by atoms with Crippen molar-refractivity contribution in [3.8, 4) is 0 Å². The number of nitrogens with zero attached hydrogens (tertiary/aromatic N) is 2. The van der Waals surface area contributed by atoms with Gasteiger partial charge in [-0.3, -0.25) is 9.79 Å². The lowest BCUT2D eigenvalue weighted by atomic mass is 9.67. The second kappa shape index (κ2) is 7.49. The molecule has 36 heavy (non-hydrogen) atoms. The summed E-state index contributed by atoms with van der Waals surface area (Å²) in [5.74, 6) is -0.293. The number of anilines is 1. The number of carbonyl (C=O) groups excluding carboxylic acids is 1. The Bertz CT molecular complexity index is 1530. The summed E-state index contributed by atoms with van der Waals surface area (Å²) in [5.41, 5.74) is 4.52. The maximum absolute atomic E-state index is 14.9. The maximum Gasteiger partial charge on any atom is 0.194 e. The van der Waals surface area contributed by atoms with Crippen LogP contribution in [-0.4, -0.2) is 31.2 Å². The van der Waals surface area contributed by atoms with Crippen LogP contribution >= 0.6 is 0 Å². The minimum absolute atomic E-state index is 0.0825. The second-order valence-electron chi connectivity index (χ2n) is 9.85. The molecule has 7 rings (SSSR count). The molecule has 1 aliphatic carbocycles. The number of methoxy groups -OCH3 is 1. The molecule has 0 aromatic heterocycles. The smallest absolute Gasteiger partial charge is 0.194 e. The Labute approximate surface area is 210 Å². The average molecular weight is 471 g/mol. The van der Waals surface area contributed by atoms with Gasteiger partial charge in [0.1, 0.15) is 0 Å². The number of likely N-dealkylation sites (N-methyl/N-ethyl adjacent to an activating group) is 1. The average Bonchev–Trinajstić information content (AvgIpc) is 3.49. The number of benzene rings is 4. The zero-order valence-electron chi connectivity index (χ0n) is 20.3. The normalized spacial score (nSPS) is 27.7. The molecular weight excluding hydrogens is 444 g/mol. The van der Waals surface area contributed by atoms with Gasteiger partial charge in [0.15, 0.2) is 16.9 Å². The van der Waals surface area contributed by atoms with E-state index in [4.69, 9.17) is 9.73 Å². The first-order valence-corrected chi connectivity index (χ1v) is 12.4. The van der Waals surface area contributed by atoms with E-state index in [-0.39, 0.29) is 17.6 Å². The van der Waals surface area contributed by atoms with Gasteiger partial charge in [-0.15, -0.1) is 0 Å². The molecule has 1 spiro atoms. The molecule has 1 saturated carbocycles. The van der Waals surface area contributed by atoms with Crippen LogP contribution in [0.1, 0.15) is 38.9 Å². The van der Waals surface area contributed by atoms with Gasteiger partial charge in [-0.2, -0.15) is 0 Å². The van der Waals surface area contributed by atoms with Gasteiger partial charge < -0.3 is 9.64 Å². The van der Waals surface area contributed by atoms with E-state index in [1.54, 1.807) is 7.11 Å². The molecule has 2 aliphatic heterocycles. The highest BCUT2D eigenvalue weighted by atomic mass is 16.5. The standard InChI is InChI=1S/C32H26N2O2/c1-34-26-20-12-9-17-23(26)30(35)31(34)28(22-15-7-4-8-16-22)27(21-13-5-3-6-14-21)29-32(31,36-2)24-18-10-11-19-25(24)33-29/h3-20,27-28H,1-2H3/t27-,28+,31-,32-/m0/s1. The number of Topliss-reactive ketones (excluding diaryl/α,β-unsaturated/α-hetero) is 1. The summed E-state index contributed by atoms with van der Waals surface area (Å²) >= 11 is 0. The number of rotatable bonds is 3. The lowest BCUT2D eigenvalue weighted by molar-refractivity contribution is -0.00547. The zero-order chi connectivity index (χ0) is 24.5. The van der Waals surface area contributed by atoms with Gasteiger partial charge in [0.05, 0.1) is 11.4 Å². The molecule has 4 heteroatoms. The monoisotopic (exact) mass is 470 g/mol. The summed E-state index contributed by atoms with van der Waals surface area (Å²) in [6, 6.07) is 36.9. The Kier molecular flexibility index (Phi) is 4.43. The van der Waals surface area contributed by atoms with E-state index in [2.05, 4.69) is 59.5 Å². The number of fused-ring (bicyclic) bond motifs is 5. The summed E-state index contributed by atoms with van der Waals surface area (Å²) in [6.45, 7) is 0. The van der Waals surface area contributed by atoms with E-state index in [0.717, 1.165) is 39.3 Å². The number of hydrogen-bond donors (Lipinski definition) is 0. The topological polar surface area (TPSA) is 41.9 Å². The van der Waals surface area contributed by atoms with Crippen molar-refractivity contribution in [2.24, 2.45) is 4.99 Å². The molecule has 4 nitrogen and oxygen atoms in total. The van der Waals surface area contributed by atoms with E-state index >= 15 is 0 Å². The molecule has 0 amide bonds. The summed E-state index contributed by atoms with van der Waals surface area (Å²) < 4.78 is 6.67. The molecule has 4 aromatic rings. The minimum Gasteiger partial charge on any atom is -0.364 e. The highest BCUT2D eigenvalue weighted by molar-refractivity contribution is 6.24. The fourth-order valence-electron chi connectivity index (χ4n) is 7.25. The van der Waals surface area contributed by atoms with Crippen molar-refractivity contribution in [3.05, 3.63) is 131 Å². The largest absolute Gasteiger partial charge is 0.364 e. The number of aliphatic imine (C=N–C) groups is 1. The van der Waals surface area contributed by atoms with Gasteiger partial charge in [-0.25, -0.2) is 0 Å². The molecule has 1 fully saturated rings. The van der Waals surface area contributed by atoms with Crippen molar-refractivity contribution in [1.29, 1.82) is 0 Å². The predicted octanol–water partition coefficient (Wildman–Crippen LogP) is 6.27. The van der Waals surface area contributed by atoms with E-state index in [1.165, 1.54) is 0 Å². The SMILES string of the molecule is CO[C@]12C(=Nc3ccccc31)[C@@H](c1ccccc1)[C@@H](c1ccccc1)[C@]21C(=O)c2ccccc2N1C. The Morgan fingerprint density at radius 1 is 0.778 bits per heavy atom. The molecule has 4 aromatic carbocycles. The van der Waals surface area contributed by atoms with Gasteiger partial charge >= 0.3 is 0 Å². The second-order valence-corrected chi connectivity index (χ2v) is 9.85. The van der Waals surface area contributed by atoms with Crippen LogP contribution < -0.4 is 4.90 Å². The molecule has 0 N–H and O–H groups in total. The molecule has 0 radical (unpaired) electrons. The highest BCUT2D eigenvalue weighted by Gasteiger charge is 2.78. The summed E-state index contributed by atoms with van der Waals surface area (Å²) in [6.07, 6.45) is 0. The van der Waals surface area contributed by atoms with Crippen molar-refractivity contribution in [1.82, 2.24) is 0 Å². The Hall–Kier alpha value is -4.02. The lowest BCUT2D eigenvalue weighted by Gasteiger charge is -2.48. The van der Waals surface area contributed by atoms with Crippen molar-refractivity contribution in [2.45, 2.75) is 23.0 Å². The third-order valence-corrected chi connectivity index (χ3v) is 8.51. The first-order valence-electron chi connectivity index (χ1n) is 12.4. The molecule has 0 bridgehead atoms. The molecule has 0 unspecified atom stereocenters. The van der Waals surface area contributed by atoms with Crippen LogP contribution in [0, 0.1) is 0 Å². The van der Waals surface area contributed by atoms with Crippen LogP contribution in [0.4, 0.5) is 11.4 Å². The van der Waals surface area contributed by atoms with Crippen LogP contribution in [0.5, 0.6) is 0 Å². The highest BCUT2D eigenvalue weighted by Crippen LogP contribution is 2.69. The minimum atomic E-state index is -1.06. The van der Waals surface area contributed by atoms with Crippen molar-refractivity contribution < 1.29 is 9.53 Å². The van der Waals surface area contributed by atoms with E-state index in [0.29, 0.717) is 0 Å². The van der Waals surface area contributed by atoms with Crippen LogP contribution in [0.25, 0.3) is 0 Å². The van der Waals surface area contributed by atoms with Gasteiger partial charge in [0, 0.05) is 42.8 Å². The van der Waals surface area contributed by atoms with Crippen LogP contribution in [0.2, 0.25) is 0 Å². The van der Waals surface area contributed by atoms with E-state index in [9.17, 15) is 4.79 Å². The van der Waals surface area contributed by atoms with Crippen molar-refractivity contribution in [2.75, 3.05) is 19.1 Å². The first kappa shape index (κ1) is 21.3. The van der Waals surface area contributed by atoms with Crippen LogP contribution in [0.3, 0.4) is 0 Å². The van der Waals surface area contributed by atoms with Gasteiger partial charge in [0.25, 0.3) is 0 Å². The third-order valence-electron chi connectivity index (χ3n) is 8.51. The van der Waals surface area contributed by atoms with Crippen molar-refractivity contribution in [3.63, 3.8) is 0 Å². The van der Waals surface area contributed by atoms with E-state index in [1.807, 2.05) is 61.6 Å². The number of carbonyl (C=O) groups is 1. The molecule has 2 heterocycles. The summed E-state index contributed by atoms with van der Waals surface area (Å²) in [5, 5.41) is 0. The lowest BCUT2D eigenvalue weighted by Crippen LogP contribution is -2.65. The molecule has 0 saturated heterocycles. The van der Waals surface area contributed by atoms with Crippen LogP contribution in [-0.2, 0) is 10.3 Å².